The first kappa shape index (κ1) is 24.5. The fourth-order valence-corrected chi connectivity index (χ4v) is 8.44. The third kappa shape index (κ3) is 4.23. The van der Waals surface area contributed by atoms with Crippen molar-refractivity contribution in [3.05, 3.63) is 83.4 Å². The third-order valence-electron chi connectivity index (χ3n) is 10.5. The Morgan fingerprint density at radius 3 is 2.08 bits per heavy atom. The van der Waals surface area contributed by atoms with Crippen molar-refractivity contribution in [1.29, 1.82) is 0 Å². The molecule has 4 nitrogen and oxygen atoms in total. The number of ether oxygens (including phenoxy) is 2. The monoisotopic (exact) mass is 498 g/mol. The molecule has 37 heavy (non-hydrogen) atoms. The van der Waals surface area contributed by atoms with E-state index in [0.717, 1.165) is 44.9 Å². The van der Waals surface area contributed by atoms with Gasteiger partial charge in [0, 0.05) is 11.8 Å². The molecule has 3 fully saturated rings. The van der Waals surface area contributed by atoms with Gasteiger partial charge >= 0.3 is 11.9 Å². The fourth-order valence-electron chi connectivity index (χ4n) is 8.44. The molecular weight excluding hydrogens is 460 g/mol. The van der Waals surface area contributed by atoms with Gasteiger partial charge in [-0.15, -0.1) is 0 Å². The average molecular weight is 499 g/mol. The predicted octanol–water partition coefficient (Wildman–Crippen LogP) is 7.40. The number of fused-ring (bicyclic) bond motifs is 5. The second kappa shape index (κ2) is 9.45. The molecule has 0 spiro atoms. The van der Waals surface area contributed by atoms with Crippen LogP contribution in [0.2, 0.25) is 0 Å². The van der Waals surface area contributed by atoms with Gasteiger partial charge in [0.1, 0.15) is 12.2 Å². The van der Waals surface area contributed by atoms with Gasteiger partial charge in [0.2, 0.25) is 0 Å². The Morgan fingerprint density at radius 2 is 1.41 bits per heavy atom. The molecule has 4 heteroatoms. The van der Waals surface area contributed by atoms with Crippen molar-refractivity contribution in [1.82, 2.24) is 0 Å². The number of hydrogen-bond donors (Lipinski definition) is 0. The van der Waals surface area contributed by atoms with Crippen LogP contribution in [0.4, 0.5) is 0 Å². The highest BCUT2D eigenvalue weighted by molar-refractivity contribution is 5.90. The molecule has 0 unspecified atom stereocenters. The maximum Gasteiger partial charge on any atom is 0.338 e. The average Bonchev–Trinajstić information content (AvgIpc) is 3.25. The Labute approximate surface area is 220 Å². The summed E-state index contributed by atoms with van der Waals surface area (Å²) in [6.07, 6.45) is 10.8. The smallest absolute Gasteiger partial charge is 0.338 e. The molecule has 0 saturated heterocycles. The molecule has 0 aliphatic heterocycles. The Morgan fingerprint density at radius 1 is 0.757 bits per heavy atom. The Hall–Kier alpha value is -2.88. The first-order chi connectivity index (χ1) is 17.9. The summed E-state index contributed by atoms with van der Waals surface area (Å²) in [6, 6.07) is 18.7. The zero-order valence-corrected chi connectivity index (χ0v) is 22.0. The molecule has 0 amide bonds. The molecule has 4 aliphatic rings. The number of esters is 2. The predicted molar refractivity (Wildman–Crippen MR) is 143 cm³/mol. The van der Waals surface area contributed by atoms with Crippen molar-refractivity contribution in [3.63, 3.8) is 0 Å². The van der Waals surface area contributed by atoms with Gasteiger partial charge in [-0.1, -0.05) is 61.9 Å². The van der Waals surface area contributed by atoms with E-state index in [9.17, 15) is 9.59 Å². The molecule has 2 aromatic rings. The summed E-state index contributed by atoms with van der Waals surface area (Å²) < 4.78 is 12.1. The van der Waals surface area contributed by atoms with Crippen molar-refractivity contribution in [2.75, 3.05) is 0 Å². The highest BCUT2D eigenvalue weighted by Crippen LogP contribution is 2.65. The lowest BCUT2D eigenvalue weighted by molar-refractivity contribution is -0.0787. The summed E-state index contributed by atoms with van der Waals surface area (Å²) in [7, 11) is 0. The van der Waals surface area contributed by atoms with Crippen molar-refractivity contribution in [2.45, 2.75) is 77.4 Å². The van der Waals surface area contributed by atoms with E-state index >= 15 is 0 Å². The molecule has 0 heterocycles. The SMILES string of the molecule is C[C@@]12CC[C@@H]3[C@H](CC=C4C[C@@H](OC(=O)c5ccccc5)CC[C@@]43C)[C@H]1CC[C@@H]2OC(=O)c1ccccc1. The summed E-state index contributed by atoms with van der Waals surface area (Å²) in [5, 5.41) is 0. The van der Waals surface area contributed by atoms with Crippen molar-refractivity contribution in [2.24, 2.45) is 28.6 Å². The lowest BCUT2D eigenvalue weighted by atomic mass is 9.48. The van der Waals surface area contributed by atoms with Crippen LogP contribution in [0.15, 0.2) is 72.3 Å². The normalized spacial score (nSPS) is 36.4. The minimum absolute atomic E-state index is 0.00234. The number of benzene rings is 2. The lowest BCUT2D eigenvalue weighted by Crippen LogP contribution is -2.51. The maximum atomic E-state index is 12.9. The number of hydrogen-bond acceptors (Lipinski definition) is 4. The summed E-state index contributed by atoms with van der Waals surface area (Å²) >= 11 is 0. The van der Waals surface area contributed by atoms with Crippen LogP contribution < -0.4 is 0 Å². The highest BCUT2D eigenvalue weighted by Gasteiger charge is 2.59. The minimum Gasteiger partial charge on any atom is -0.458 e. The van der Waals surface area contributed by atoms with Crippen LogP contribution in [0.25, 0.3) is 0 Å². The van der Waals surface area contributed by atoms with Gasteiger partial charge in [-0.3, -0.25) is 0 Å². The Balaban J connectivity index is 1.15. The highest BCUT2D eigenvalue weighted by atomic mass is 16.5. The van der Waals surface area contributed by atoms with Crippen LogP contribution in [-0.2, 0) is 9.47 Å². The summed E-state index contributed by atoms with van der Waals surface area (Å²) in [5.41, 5.74) is 3.00. The van der Waals surface area contributed by atoms with Gasteiger partial charge in [0.15, 0.2) is 0 Å². The summed E-state index contributed by atoms with van der Waals surface area (Å²) in [6.45, 7) is 4.85. The van der Waals surface area contributed by atoms with E-state index in [4.69, 9.17) is 9.47 Å². The van der Waals surface area contributed by atoms with Crippen LogP contribution >= 0.6 is 0 Å². The Kier molecular flexibility index (Phi) is 6.25. The van der Waals surface area contributed by atoms with Gasteiger partial charge in [0.05, 0.1) is 11.1 Å². The summed E-state index contributed by atoms with van der Waals surface area (Å²) in [5.74, 6) is 1.48. The lowest BCUT2D eigenvalue weighted by Gasteiger charge is -2.57. The van der Waals surface area contributed by atoms with Gasteiger partial charge in [0.25, 0.3) is 0 Å². The molecule has 2 aromatic carbocycles. The molecule has 0 radical (unpaired) electrons. The zero-order chi connectivity index (χ0) is 25.6. The molecule has 194 valence electrons. The zero-order valence-electron chi connectivity index (χ0n) is 22.0. The minimum atomic E-state index is -0.209. The van der Waals surface area contributed by atoms with E-state index in [1.165, 1.54) is 12.0 Å². The van der Waals surface area contributed by atoms with Gasteiger partial charge in [-0.25, -0.2) is 9.59 Å². The second-order valence-electron chi connectivity index (χ2n) is 12.3. The van der Waals surface area contributed by atoms with E-state index in [2.05, 4.69) is 19.9 Å². The maximum absolute atomic E-state index is 12.9. The van der Waals surface area contributed by atoms with Gasteiger partial charge in [-0.2, -0.15) is 0 Å². The molecule has 0 aromatic heterocycles. The van der Waals surface area contributed by atoms with Gasteiger partial charge < -0.3 is 9.47 Å². The topological polar surface area (TPSA) is 52.6 Å². The molecule has 0 N–H and O–H groups in total. The van der Waals surface area contributed by atoms with Crippen molar-refractivity contribution in [3.8, 4) is 0 Å². The quantitative estimate of drug-likeness (QED) is 0.325. The van der Waals surface area contributed by atoms with Crippen LogP contribution in [-0.4, -0.2) is 24.1 Å². The van der Waals surface area contributed by atoms with Crippen molar-refractivity contribution >= 4 is 11.9 Å². The number of allylic oxidation sites excluding steroid dienone is 1. The molecule has 4 aliphatic carbocycles. The standard InChI is InChI=1S/C33H38O4/c1-32-19-17-25(36-30(34)22-9-5-3-6-10-22)21-24(32)13-14-26-27-15-16-29(33(27,2)20-18-28(26)32)37-31(35)23-11-7-4-8-12-23/h3-13,25-29H,14-21H2,1-2H3/t25-,26+,27+,28+,29-,32-,33+/m0/s1. The first-order valence-corrected chi connectivity index (χ1v) is 14.1. The van der Waals surface area contributed by atoms with E-state index in [1.807, 2.05) is 60.7 Å². The first-order valence-electron chi connectivity index (χ1n) is 14.1. The van der Waals surface area contributed by atoms with Crippen LogP contribution in [0.5, 0.6) is 0 Å². The molecule has 0 bridgehead atoms. The number of carbonyl (C=O) groups is 2. The number of rotatable bonds is 4. The van der Waals surface area contributed by atoms with Gasteiger partial charge in [-0.05, 0) is 92.4 Å². The third-order valence-corrected chi connectivity index (χ3v) is 10.5. The summed E-state index contributed by atoms with van der Waals surface area (Å²) in [4.78, 5) is 25.5. The van der Waals surface area contributed by atoms with Crippen LogP contribution in [0.1, 0.15) is 85.9 Å². The Bertz CT molecular complexity index is 1190. The van der Waals surface area contributed by atoms with E-state index in [1.54, 1.807) is 0 Å². The van der Waals surface area contributed by atoms with Crippen LogP contribution in [0, 0.1) is 28.6 Å². The van der Waals surface area contributed by atoms with E-state index in [0.29, 0.717) is 28.9 Å². The molecular formula is C33H38O4. The second-order valence-corrected chi connectivity index (χ2v) is 12.3. The van der Waals surface area contributed by atoms with E-state index in [-0.39, 0.29) is 35.0 Å². The number of carbonyl (C=O) groups excluding carboxylic acids is 2. The fraction of sp³-hybridized carbons (Fsp3) is 0.515. The molecule has 6 rings (SSSR count). The van der Waals surface area contributed by atoms with Crippen LogP contribution in [0.3, 0.4) is 0 Å². The van der Waals surface area contributed by atoms with E-state index < -0.39 is 0 Å². The van der Waals surface area contributed by atoms with Crippen molar-refractivity contribution < 1.29 is 19.1 Å². The largest absolute Gasteiger partial charge is 0.458 e. The molecule has 7 atom stereocenters. The molecule has 3 saturated carbocycles.